The number of aromatic carboxylic acids is 2. The molecular weight excluding hydrogens is 304 g/mol. The average Bonchev–Trinajstić information content (AvgIpc) is 2.54. The molecule has 7 nitrogen and oxygen atoms in total. The molecule has 0 amide bonds. The minimum atomic E-state index is -1.23. The summed E-state index contributed by atoms with van der Waals surface area (Å²) in [5, 5.41) is 35.3. The Morgan fingerprint density at radius 1 is 0.870 bits per heavy atom. The smallest absolute Gasteiger partial charge is 0.337 e. The summed E-state index contributed by atoms with van der Waals surface area (Å²) in [6.07, 6.45) is 0. The zero-order valence-electron chi connectivity index (χ0n) is 12.3. The van der Waals surface area contributed by atoms with E-state index in [0.717, 1.165) is 0 Å². The van der Waals surface area contributed by atoms with Crippen molar-refractivity contribution in [3.8, 4) is 0 Å². The van der Waals surface area contributed by atoms with Crippen LogP contribution >= 0.6 is 0 Å². The molecule has 0 aliphatic rings. The van der Waals surface area contributed by atoms with Gasteiger partial charge in [-0.15, -0.1) is 0 Å². The highest BCUT2D eigenvalue weighted by atomic mass is 16.5. The van der Waals surface area contributed by atoms with Gasteiger partial charge in [-0.1, -0.05) is 30.3 Å². The molecule has 0 heterocycles. The van der Waals surface area contributed by atoms with E-state index in [1.54, 1.807) is 30.3 Å². The molecule has 0 aromatic heterocycles. The monoisotopic (exact) mass is 322 g/mol. The number of aliphatic hydroxyl groups excluding tert-OH is 2. The van der Waals surface area contributed by atoms with Crippen molar-refractivity contribution in [3.05, 3.63) is 47.5 Å². The van der Waals surface area contributed by atoms with Crippen LogP contribution in [-0.2, 0) is 4.74 Å². The van der Waals surface area contributed by atoms with Crippen LogP contribution in [0.2, 0.25) is 0 Å². The summed E-state index contributed by atoms with van der Waals surface area (Å²) < 4.78 is 4.63. The first kappa shape index (κ1) is 18.6. The summed E-state index contributed by atoms with van der Waals surface area (Å²) in [5.41, 5.74) is -0.350. The molecule has 2 rings (SSSR count). The zero-order valence-corrected chi connectivity index (χ0v) is 12.3. The molecule has 0 bridgehead atoms. The Bertz CT molecular complexity index is 663. The molecule has 0 aliphatic carbocycles. The molecule has 124 valence electrons. The first-order valence-electron chi connectivity index (χ1n) is 6.80. The Labute approximate surface area is 132 Å². The maximum Gasteiger partial charge on any atom is 0.337 e. The number of rotatable bonds is 6. The second kappa shape index (κ2) is 9.52. The fourth-order valence-corrected chi connectivity index (χ4v) is 1.91. The molecule has 0 unspecified atom stereocenters. The van der Waals surface area contributed by atoms with Crippen LogP contribution in [0, 0.1) is 0 Å². The first-order chi connectivity index (χ1) is 11.0. The number of fused-ring (bicyclic) bond motifs is 1. The van der Waals surface area contributed by atoms with Crippen LogP contribution in [0.4, 0.5) is 0 Å². The summed E-state index contributed by atoms with van der Waals surface area (Å²) in [7, 11) is 0. The lowest BCUT2D eigenvalue weighted by Crippen LogP contribution is -2.08. The van der Waals surface area contributed by atoms with Crippen LogP contribution in [0.1, 0.15) is 20.7 Å². The SMILES string of the molecule is O=C(O)c1ccc2ccccc2c1C(=O)O.OCCOCCO. The lowest BCUT2D eigenvalue weighted by molar-refractivity contribution is 0.0650. The molecule has 2 aromatic carbocycles. The fraction of sp³-hybridized carbons (Fsp3) is 0.250. The number of hydrogen-bond acceptors (Lipinski definition) is 5. The van der Waals surface area contributed by atoms with Crippen LogP contribution in [-0.4, -0.2) is 58.8 Å². The molecule has 0 saturated heterocycles. The van der Waals surface area contributed by atoms with Gasteiger partial charge in [-0.3, -0.25) is 0 Å². The van der Waals surface area contributed by atoms with Crippen LogP contribution in [0.15, 0.2) is 36.4 Å². The number of carbonyl (C=O) groups is 2. The quantitative estimate of drug-likeness (QED) is 0.589. The van der Waals surface area contributed by atoms with Crippen molar-refractivity contribution in [2.75, 3.05) is 26.4 Å². The number of carboxylic acid groups (broad SMARTS) is 2. The molecular formula is C16H18O7. The summed E-state index contributed by atoms with van der Waals surface area (Å²) in [6.45, 7) is 0.696. The molecule has 0 fully saturated rings. The van der Waals surface area contributed by atoms with Crippen molar-refractivity contribution in [1.29, 1.82) is 0 Å². The Kier molecular flexibility index (Phi) is 7.69. The van der Waals surface area contributed by atoms with E-state index in [9.17, 15) is 9.59 Å². The van der Waals surface area contributed by atoms with Gasteiger partial charge in [0.05, 0.1) is 37.6 Å². The molecule has 0 atom stereocenters. The van der Waals surface area contributed by atoms with Gasteiger partial charge >= 0.3 is 11.9 Å². The van der Waals surface area contributed by atoms with Crippen molar-refractivity contribution in [2.45, 2.75) is 0 Å². The van der Waals surface area contributed by atoms with Gasteiger partial charge in [0.2, 0.25) is 0 Å². The molecule has 2 aromatic rings. The van der Waals surface area contributed by atoms with E-state index >= 15 is 0 Å². The van der Waals surface area contributed by atoms with Crippen molar-refractivity contribution in [3.63, 3.8) is 0 Å². The van der Waals surface area contributed by atoms with E-state index in [0.29, 0.717) is 24.0 Å². The van der Waals surface area contributed by atoms with Crippen molar-refractivity contribution in [2.24, 2.45) is 0 Å². The van der Waals surface area contributed by atoms with Gasteiger partial charge in [0.15, 0.2) is 0 Å². The summed E-state index contributed by atoms with van der Waals surface area (Å²) >= 11 is 0. The van der Waals surface area contributed by atoms with Crippen molar-refractivity contribution >= 4 is 22.7 Å². The fourth-order valence-electron chi connectivity index (χ4n) is 1.91. The average molecular weight is 322 g/mol. The topological polar surface area (TPSA) is 124 Å². The third-order valence-electron chi connectivity index (χ3n) is 2.84. The standard InChI is InChI=1S/C12H8O4.C4H10O3/c13-11(14)9-6-5-7-3-1-2-4-8(7)10(9)12(15)16;5-1-3-7-4-2-6/h1-6H,(H,13,14)(H,15,16);5-6H,1-4H2. The lowest BCUT2D eigenvalue weighted by atomic mass is 9.99. The summed E-state index contributed by atoms with van der Waals surface area (Å²) in [6, 6.07) is 9.72. The predicted molar refractivity (Wildman–Crippen MR) is 82.9 cm³/mol. The maximum absolute atomic E-state index is 11.1. The minimum absolute atomic E-state index is 0.0278. The number of benzene rings is 2. The highest BCUT2D eigenvalue weighted by Crippen LogP contribution is 2.22. The minimum Gasteiger partial charge on any atom is -0.478 e. The zero-order chi connectivity index (χ0) is 17.2. The van der Waals surface area contributed by atoms with Gasteiger partial charge in [0.25, 0.3) is 0 Å². The van der Waals surface area contributed by atoms with Crippen LogP contribution in [0.25, 0.3) is 10.8 Å². The molecule has 7 heteroatoms. The van der Waals surface area contributed by atoms with E-state index in [4.69, 9.17) is 20.4 Å². The summed E-state index contributed by atoms with van der Waals surface area (Å²) in [5.74, 6) is -2.46. The predicted octanol–water partition coefficient (Wildman–Crippen LogP) is 1.22. The first-order valence-corrected chi connectivity index (χ1v) is 6.80. The van der Waals surface area contributed by atoms with Gasteiger partial charge in [-0.2, -0.15) is 0 Å². The van der Waals surface area contributed by atoms with Crippen LogP contribution in [0.3, 0.4) is 0 Å². The Morgan fingerprint density at radius 2 is 1.48 bits per heavy atom. The second-order valence-electron chi connectivity index (χ2n) is 4.38. The number of aliphatic hydroxyl groups is 2. The van der Waals surface area contributed by atoms with E-state index in [1.165, 1.54) is 6.07 Å². The maximum atomic E-state index is 11.1. The van der Waals surface area contributed by atoms with E-state index in [2.05, 4.69) is 4.74 Å². The number of hydrogen-bond donors (Lipinski definition) is 4. The van der Waals surface area contributed by atoms with Gasteiger partial charge in [-0.25, -0.2) is 9.59 Å². The van der Waals surface area contributed by atoms with Gasteiger partial charge in [0, 0.05) is 0 Å². The molecule has 4 N–H and O–H groups in total. The highest BCUT2D eigenvalue weighted by Gasteiger charge is 2.18. The Balaban J connectivity index is 0.000000322. The third kappa shape index (κ3) is 5.33. The molecule has 0 saturated carbocycles. The number of carboxylic acids is 2. The van der Waals surface area contributed by atoms with E-state index in [-0.39, 0.29) is 24.3 Å². The van der Waals surface area contributed by atoms with Crippen molar-refractivity contribution < 1.29 is 34.8 Å². The van der Waals surface area contributed by atoms with Crippen LogP contribution < -0.4 is 0 Å². The molecule has 0 aliphatic heterocycles. The normalized spacial score (nSPS) is 10.0. The summed E-state index contributed by atoms with van der Waals surface area (Å²) in [4.78, 5) is 22.0. The van der Waals surface area contributed by atoms with Gasteiger partial charge in [-0.05, 0) is 16.8 Å². The largest absolute Gasteiger partial charge is 0.478 e. The van der Waals surface area contributed by atoms with Gasteiger partial charge in [0.1, 0.15) is 0 Å². The van der Waals surface area contributed by atoms with Crippen molar-refractivity contribution in [1.82, 2.24) is 0 Å². The van der Waals surface area contributed by atoms with E-state index in [1.807, 2.05) is 0 Å². The third-order valence-corrected chi connectivity index (χ3v) is 2.84. The molecule has 0 radical (unpaired) electrons. The second-order valence-corrected chi connectivity index (χ2v) is 4.38. The highest BCUT2D eigenvalue weighted by molar-refractivity contribution is 6.11. The van der Waals surface area contributed by atoms with Gasteiger partial charge < -0.3 is 25.2 Å². The lowest BCUT2D eigenvalue weighted by Gasteiger charge is -2.05. The Morgan fingerprint density at radius 3 is 2.00 bits per heavy atom. The Hall–Kier alpha value is -2.48. The molecule has 0 spiro atoms. The molecule has 23 heavy (non-hydrogen) atoms. The van der Waals surface area contributed by atoms with Crippen LogP contribution in [0.5, 0.6) is 0 Å². The van der Waals surface area contributed by atoms with E-state index < -0.39 is 11.9 Å². The number of ether oxygens (including phenoxy) is 1.